The van der Waals surface area contributed by atoms with Gasteiger partial charge >= 0.3 is 18.0 Å². The number of imidazole rings is 1. The third kappa shape index (κ3) is 9.62. The van der Waals surface area contributed by atoms with Crippen molar-refractivity contribution in [2.24, 2.45) is 0 Å². The minimum absolute atomic E-state index is 0.0420. The molecule has 0 aliphatic heterocycles. The van der Waals surface area contributed by atoms with Crippen molar-refractivity contribution in [2.45, 2.75) is 57.9 Å². The molecular formula is C28H32N4O7. The number of carbonyl (C=O) groups excluding carboxylic acids is 3. The molecular weight excluding hydrogens is 504 g/mol. The Morgan fingerprint density at radius 2 is 1.67 bits per heavy atom. The van der Waals surface area contributed by atoms with Crippen LogP contribution in [0.1, 0.15) is 48.0 Å². The number of aromatic nitrogens is 2. The van der Waals surface area contributed by atoms with Gasteiger partial charge in [-0.05, 0) is 44.0 Å². The number of carboxylic acids is 1. The Morgan fingerprint density at radius 1 is 0.949 bits per heavy atom. The van der Waals surface area contributed by atoms with Crippen LogP contribution in [0.2, 0.25) is 0 Å². The van der Waals surface area contributed by atoms with Gasteiger partial charge in [0.1, 0.15) is 24.3 Å². The molecule has 206 valence electrons. The van der Waals surface area contributed by atoms with Crippen LogP contribution >= 0.6 is 0 Å². The average molecular weight is 537 g/mol. The summed E-state index contributed by atoms with van der Waals surface area (Å²) < 4.78 is 10.7. The number of benzene rings is 2. The Hall–Kier alpha value is -4.67. The molecule has 0 radical (unpaired) electrons. The fourth-order valence-electron chi connectivity index (χ4n) is 3.61. The molecule has 3 aromatic rings. The Labute approximate surface area is 225 Å². The van der Waals surface area contributed by atoms with Crippen LogP contribution in [0.5, 0.6) is 0 Å². The van der Waals surface area contributed by atoms with Gasteiger partial charge in [-0.15, -0.1) is 0 Å². The SMILES string of the molecule is CC(C)(C)OC(=O)N[C@@H](Cc1cccc(C(=O)OCc2ccccc2)c1)C(=O)N[C@@H](Cc1c[nH]cn1)C(=O)O. The molecule has 1 heterocycles. The fraction of sp³-hybridized carbons (Fsp3) is 0.321. The lowest BCUT2D eigenvalue weighted by Crippen LogP contribution is -2.53. The van der Waals surface area contributed by atoms with Crippen molar-refractivity contribution in [3.8, 4) is 0 Å². The van der Waals surface area contributed by atoms with E-state index < -0.39 is 41.6 Å². The summed E-state index contributed by atoms with van der Waals surface area (Å²) in [5.74, 6) is -2.54. The summed E-state index contributed by atoms with van der Waals surface area (Å²) in [6, 6.07) is 13.2. The first-order valence-corrected chi connectivity index (χ1v) is 12.3. The molecule has 0 saturated carbocycles. The Kier molecular flexibility index (Phi) is 9.80. The molecule has 0 fully saturated rings. The maximum absolute atomic E-state index is 13.2. The first-order chi connectivity index (χ1) is 18.5. The van der Waals surface area contributed by atoms with Crippen LogP contribution in [0.15, 0.2) is 67.1 Å². The van der Waals surface area contributed by atoms with E-state index in [0.717, 1.165) is 5.56 Å². The zero-order valence-corrected chi connectivity index (χ0v) is 22.0. The number of ether oxygens (including phenoxy) is 2. The second kappa shape index (κ2) is 13.2. The number of alkyl carbamates (subject to hydrolysis) is 1. The number of aromatic amines is 1. The molecule has 2 amide bonds. The number of amides is 2. The predicted molar refractivity (Wildman–Crippen MR) is 141 cm³/mol. The first kappa shape index (κ1) is 28.9. The maximum Gasteiger partial charge on any atom is 0.408 e. The first-order valence-electron chi connectivity index (χ1n) is 12.3. The summed E-state index contributed by atoms with van der Waals surface area (Å²) in [5, 5.41) is 14.6. The molecule has 4 N–H and O–H groups in total. The lowest BCUT2D eigenvalue weighted by atomic mass is 10.0. The Bertz CT molecular complexity index is 1270. The van der Waals surface area contributed by atoms with Gasteiger partial charge in [0, 0.05) is 19.0 Å². The number of hydrogen-bond donors (Lipinski definition) is 4. The van der Waals surface area contributed by atoms with Gasteiger partial charge in [-0.1, -0.05) is 42.5 Å². The molecule has 2 aromatic carbocycles. The number of carboxylic acid groups (broad SMARTS) is 1. The largest absolute Gasteiger partial charge is 0.480 e. The van der Waals surface area contributed by atoms with Gasteiger partial charge in [-0.3, -0.25) is 4.79 Å². The third-order valence-corrected chi connectivity index (χ3v) is 5.41. The van der Waals surface area contributed by atoms with E-state index >= 15 is 0 Å². The van der Waals surface area contributed by atoms with Gasteiger partial charge in [0.2, 0.25) is 5.91 Å². The highest BCUT2D eigenvalue weighted by atomic mass is 16.6. The Morgan fingerprint density at radius 3 is 2.31 bits per heavy atom. The second-order valence-corrected chi connectivity index (χ2v) is 9.83. The van der Waals surface area contributed by atoms with Gasteiger partial charge in [0.05, 0.1) is 17.6 Å². The summed E-state index contributed by atoms with van der Waals surface area (Å²) in [5.41, 5.74) is 1.27. The van der Waals surface area contributed by atoms with Gasteiger partial charge in [-0.25, -0.2) is 19.4 Å². The van der Waals surface area contributed by atoms with Crippen molar-refractivity contribution in [2.75, 3.05) is 0 Å². The van der Waals surface area contributed by atoms with Crippen LogP contribution < -0.4 is 10.6 Å². The molecule has 1 aromatic heterocycles. The van der Waals surface area contributed by atoms with Crippen molar-refractivity contribution in [1.29, 1.82) is 0 Å². The van der Waals surface area contributed by atoms with Crippen LogP contribution in [0.3, 0.4) is 0 Å². The molecule has 0 unspecified atom stereocenters. The van der Waals surface area contributed by atoms with Crippen molar-refractivity contribution in [3.05, 3.63) is 89.5 Å². The monoisotopic (exact) mass is 536 g/mol. The van der Waals surface area contributed by atoms with Gasteiger partial charge in [0.15, 0.2) is 0 Å². The minimum atomic E-state index is -1.29. The molecule has 11 heteroatoms. The molecule has 39 heavy (non-hydrogen) atoms. The van der Waals surface area contributed by atoms with Gasteiger partial charge < -0.3 is 30.2 Å². The van der Waals surface area contributed by atoms with E-state index in [4.69, 9.17) is 9.47 Å². The van der Waals surface area contributed by atoms with Crippen LogP contribution in [0.25, 0.3) is 0 Å². The van der Waals surface area contributed by atoms with Gasteiger partial charge in [0.25, 0.3) is 0 Å². The minimum Gasteiger partial charge on any atom is -0.480 e. The number of rotatable bonds is 11. The highest BCUT2D eigenvalue weighted by Gasteiger charge is 2.29. The molecule has 0 aliphatic carbocycles. The Balaban J connectivity index is 1.75. The summed E-state index contributed by atoms with van der Waals surface area (Å²) in [6.07, 6.45) is 1.98. The summed E-state index contributed by atoms with van der Waals surface area (Å²) >= 11 is 0. The highest BCUT2D eigenvalue weighted by molar-refractivity contribution is 5.91. The number of nitrogens with one attached hydrogen (secondary N) is 3. The summed E-state index contributed by atoms with van der Waals surface area (Å²) in [4.78, 5) is 56.9. The molecule has 11 nitrogen and oxygen atoms in total. The number of carbonyl (C=O) groups is 4. The molecule has 0 spiro atoms. The predicted octanol–water partition coefficient (Wildman–Crippen LogP) is 3.01. The van der Waals surface area contributed by atoms with E-state index in [2.05, 4.69) is 20.6 Å². The van der Waals surface area contributed by atoms with Crippen molar-refractivity contribution in [1.82, 2.24) is 20.6 Å². The third-order valence-electron chi connectivity index (χ3n) is 5.41. The number of nitrogens with zero attached hydrogens (tertiary/aromatic N) is 1. The van der Waals surface area contributed by atoms with E-state index in [1.54, 1.807) is 45.0 Å². The summed E-state index contributed by atoms with van der Waals surface area (Å²) in [7, 11) is 0. The van der Waals surface area contributed by atoms with E-state index in [9.17, 15) is 24.3 Å². The van der Waals surface area contributed by atoms with Crippen LogP contribution in [0, 0.1) is 0 Å². The van der Waals surface area contributed by atoms with Crippen molar-refractivity contribution < 1.29 is 33.8 Å². The molecule has 0 aliphatic rings. The number of aliphatic carboxylic acids is 1. The van der Waals surface area contributed by atoms with Crippen LogP contribution in [0.4, 0.5) is 4.79 Å². The normalized spacial score (nSPS) is 12.6. The number of esters is 1. The van der Waals surface area contributed by atoms with E-state index in [1.807, 2.05) is 30.3 Å². The lowest BCUT2D eigenvalue weighted by Gasteiger charge is -2.24. The van der Waals surface area contributed by atoms with Gasteiger partial charge in [-0.2, -0.15) is 0 Å². The molecule has 3 rings (SSSR count). The fourth-order valence-corrected chi connectivity index (χ4v) is 3.61. The van der Waals surface area contributed by atoms with Crippen molar-refractivity contribution in [3.63, 3.8) is 0 Å². The van der Waals surface area contributed by atoms with Crippen LogP contribution in [-0.4, -0.2) is 56.7 Å². The second-order valence-electron chi connectivity index (χ2n) is 9.83. The number of H-pyrrole nitrogens is 1. The van der Waals surface area contributed by atoms with Crippen molar-refractivity contribution >= 4 is 23.9 Å². The maximum atomic E-state index is 13.2. The lowest BCUT2D eigenvalue weighted by molar-refractivity contribution is -0.142. The molecule has 2 atom stereocenters. The topological polar surface area (TPSA) is 160 Å². The summed E-state index contributed by atoms with van der Waals surface area (Å²) in [6.45, 7) is 5.13. The van der Waals surface area contributed by atoms with Crippen LogP contribution in [-0.2, 0) is 38.5 Å². The molecule has 0 saturated heterocycles. The molecule has 0 bridgehead atoms. The highest BCUT2D eigenvalue weighted by Crippen LogP contribution is 2.13. The van der Waals surface area contributed by atoms with E-state index in [1.165, 1.54) is 12.5 Å². The zero-order valence-electron chi connectivity index (χ0n) is 22.0. The van der Waals surface area contributed by atoms with E-state index in [0.29, 0.717) is 11.3 Å². The smallest absolute Gasteiger partial charge is 0.408 e. The quantitative estimate of drug-likeness (QED) is 0.272. The zero-order chi connectivity index (χ0) is 28.4. The standard InChI is InChI=1S/C28H32N4O7/c1-28(2,3)39-27(37)32-22(24(33)31-23(25(34)35)14-21-15-29-17-30-21)13-19-10-7-11-20(12-19)26(36)38-16-18-8-5-4-6-9-18/h4-12,15,17,22-23H,13-14,16H2,1-3H3,(H,29,30)(H,31,33)(H,32,37)(H,34,35)/t22-,23-/m0/s1. The number of hydrogen-bond acceptors (Lipinski definition) is 7. The van der Waals surface area contributed by atoms with E-state index in [-0.39, 0.29) is 25.0 Å². The average Bonchev–Trinajstić information content (AvgIpc) is 3.39.